The summed E-state index contributed by atoms with van der Waals surface area (Å²) < 4.78 is 5.97. The fourth-order valence-corrected chi connectivity index (χ4v) is 3.57. The Balaban J connectivity index is 1.90. The number of nitrogens with zero attached hydrogens (tertiary/aromatic N) is 2. The van der Waals surface area contributed by atoms with E-state index in [9.17, 15) is 4.79 Å². The molecule has 24 heavy (non-hydrogen) atoms. The van der Waals surface area contributed by atoms with E-state index < -0.39 is 0 Å². The number of hydrogen-bond donors (Lipinski definition) is 2. The lowest BCUT2D eigenvalue weighted by Crippen LogP contribution is -2.32. The smallest absolute Gasteiger partial charge is 0.289 e. The Bertz CT molecular complexity index is 672. The van der Waals surface area contributed by atoms with Crippen molar-refractivity contribution in [2.45, 2.75) is 51.9 Å². The first kappa shape index (κ1) is 17.0. The summed E-state index contributed by atoms with van der Waals surface area (Å²) >= 11 is 4.82. The minimum atomic E-state index is 0.00505. The second-order valence-corrected chi connectivity index (χ2v) is 6.89. The first-order chi connectivity index (χ1) is 11.6. The minimum absolute atomic E-state index is 0.00505. The largest absolute Gasteiger partial charge is 0.455 e. The van der Waals surface area contributed by atoms with Gasteiger partial charge in [-0.25, -0.2) is 0 Å². The third-order valence-corrected chi connectivity index (χ3v) is 4.81. The predicted molar refractivity (Wildman–Crippen MR) is 97.2 cm³/mol. The van der Waals surface area contributed by atoms with Crippen LogP contribution in [0.25, 0.3) is 0 Å². The van der Waals surface area contributed by atoms with Gasteiger partial charge in [0, 0.05) is 30.6 Å². The second kappa shape index (κ2) is 7.34. The lowest BCUT2D eigenvalue weighted by molar-refractivity contribution is 0.0726. The van der Waals surface area contributed by atoms with Gasteiger partial charge < -0.3 is 15.1 Å². The molecule has 1 aliphatic heterocycles. The minimum Gasteiger partial charge on any atom is -0.455 e. The summed E-state index contributed by atoms with van der Waals surface area (Å²) in [4.78, 5) is 14.8. The zero-order valence-electron chi connectivity index (χ0n) is 14.1. The van der Waals surface area contributed by atoms with Gasteiger partial charge in [-0.15, -0.1) is 0 Å². The number of carbonyl (C=O) groups excluding carboxylic acids is 1. The van der Waals surface area contributed by atoms with Crippen LogP contribution >= 0.6 is 12.2 Å². The average Bonchev–Trinajstić information content (AvgIpc) is 2.76. The summed E-state index contributed by atoms with van der Waals surface area (Å²) in [6.45, 7) is 3.57. The summed E-state index contributed by atoms with van der Waals surface area (Å²) in [5, 5.41) is 4.44. The third kappa shape index (κ3) is 3.45. The Hall–Kier alpha value is -1.89. The van der Waals surface area contributed by atoms with Gasteiger partial charge in [-0.1, -0.05) is 12.8 Å². The lowest BCUT2D eigenvalue weighted by Gasteiger charge is -2.19. The maximum atomic E-state index is 12.9. The van der Waals surface area contributed by atoms with Crippen LogP contribution in [-0.4, -0.2) is 34.7 Å². The van der Waals surface area contributed by atoms with E-state index in [2.05, 4.69) is 10.5 Å². The number of nitrogens with one attached hydrogen (secondary N) is 1. The monoisotopic (exact) mass is 348 g/mol. The molecule has 0 atom stereocenters. The number of aryl methyl sites for hydroxylation is 1. The van der Waals surface area contributed by atoms with E-state index in [1.54, 1.807) is 0 Å². The number of hydrogen-bond acceptors (Lipinski definition) is 4. The number of furan rings is 1. The van der Waals surface area contributed by atoms with Crippen molar-refractivity contribution in [2.24, 2.45) is 10.8 Å². The van der Waals surface area contributed by atoms with Gasteiger partial charge in [-0.05, 0) is 44.8 Å². The number of hydrazone groups is 1. The molecule has 7 heteroatoms. The summed E-state index contributed by atoms with van der Waals surface area (Å²) in [6.07, 6.45) is 7.11. The van der Waals surface area contributed by atoms with Crippen molar-refractivity contribution in [1.29, 1.82) is 0 Å². The molecule has 3 rings (SSSR count). The zero-order valence-corrected chi connectivity index (χ0v) is 14.9. The molecule has 130 valence electrons. The quantitative estimate of drug-likeness (QED) is 0.634. The first-order valence-electron chi connectivity index (χ1n) is 8.62. The van der Waals surface area contributed by atoms with Crippen LogP contribution < -0.4 is 11.2 Å². The van der Waals surface area contributed by atoms with E-state index >= 15 is 0 Å². The van der Waals surface area contributed by atoms with Crippen molar-refractivity contribution in [3.63, 3.8) is 0 Å². The van der Waals surface area contributed by atoms with E-state index in [0.29, 0.717) is 5.76 Å². The lowest BCUT2D eigenvalue weighted by atomic mass is 9.93. The molecule has 2 aliphatic rings. The van der Waals surface area contributed by atoms with Gasteiger partial charge in [0.1, 0.15) is 5.76 Å². The molecule has 0 aromatic carbocycles. The van der Waals surface area contributed by atoms with Crippen LogP contribution in [0.5, 0.6) is 0 Å². The molecule has 1 aromatic rings. The van der Waals surface area contributed by atoms with E-state index in [1.165, 1.54) is 12.8 Å². The van der Waals surface area contributed by atoms with Gasteiger partial charge in [0.15, 0.2) is 10.9 Å². The molecule has 1 fully saturated rings. The second-order valence-electron chi connectivity index (χ2n) is 6.45. The number of likely N-dealkylation sites (tertiary alicyclic amines) is 1. The predicted octanol–water partition coefficient (Wildman–Crippen LogP) is 2.48. The van der Waals surface area contributed by atoms with Gasteiger partial charge in [0.05, 0.1) is 5.71 Å². The molecule has 6 nitrogen and oxygen atoms in total. The Morgan fingerprint density at radius 1 is 1.21 bits per heavy atom. The van der Waals surface area contributed by atoms with Crippen LogP contribution in [0.15, 0.2) is 9.52 Å². The summed E-state index contributed by atoms with van der Waals surface area (Å²) in [5.74, 6) is 1.32. The van der Waals surface area contributed by atoms with Gasteiger partial charge in [-0.2, -0.15) is 5.10 Å². The van der Waals surface area contributed by atoms with E-state index in [1.807, 2.05) is 11.8 Å². The van der Waals surface area contributed by atoms with Crippen LogP contribution in [0.3, 0.4) is 0 Å². The van der Waals surface area contributed by atoms with Gasteiger partial charge >= 0.3 is 0 Å². The molecule has 0 saturated carbocycles. The van der Waals surface area contributed by atoms with Crippen molar-refractivity contribution in [2.75, 3.05) is 13.1 Å². The zero-order chi connectivity index (χ0) is 17.1. The molecular weight excluding hydrogens is 324 g/mol. The summed E-state index contributed by atoms with van der Waals surface area (Å²) in [6, 6.07) is 0. The van der Waals surface area contributed by atoms with Crippen molar-refractivity contribution < 1.29 is 9.21 Å². The van der Waals surface area contributed by atoms with Crippen LogP contribution in [0, 0.1) is 6.92 Å². The van der Waals surface area contributed by atoms with Crippen LogP contribution in [-0.2, 0) is 6.42 Å². The molecule has 1 aliphatic carbocycles. The van der Waals surface area contributed by atoms with E-state index in [0.717, 1.165) is 67.8 Å². The topological polar surface area (TPSA) is 83.9 Å². The van der Waals surface area contributed by atoms with Crippen molar-refractivity contribution >= 4 is 28.9 Å². The molecule has 0 radical (unpaired) electrons. The highest BCUT2D eigenvalue weighted by Crippen LogP contribution is 2.31. The molecule has 0 unspecified atom stereocenters. The van der Waals surface area contributed by atoms with E-state index in [4.69, 9.17) is 22.4 Å². The summed E-state index contributed by atoms with van der Waals surface area (Å²) in [7, 11) is 0. The van der Waals surface area contributed by atoms with Crippen LogP contribution in [0.2, 0.25) is 0 Å². The van der Waals surface area contributed by atoms with Crippen LogP contribution in [0.1, 0.15) is 66.0 Å². The third-order valence-electron chi connectivity index (χ3n) is 4.71. The molecule has 0 bridgehead atoms. The van der Waals surface area contributed by atoms with Gasteiger partial charge in [0.2, 0.25) is 0 Å². The maximum Gasteiger partial charge on any atom is 0.289 e. The molecule has 1 aromatic heterocycles. The molecule has 0 spiro atoms. The van der Waals surface area contributed by atoms with E-state index in [-0.39, 0.29) is 11.0 Å². The maximum absolute atomic E-state index is 12.9. The average molecular weight is 348 g/mol. The summed E-state index contributed by atoms with van der Waals surface area (Å²) in [5.41, 5.74) is 10.8. The van der Waals surface area contributed by atoms with Gasteiger partial charge in [0.25, 0.3) is 5.91 Å². The Kier molecular flexibility index (Phi) is 5.18. The SMILES string of the molecule is Cc1c(C(=O)N2CCCCCC2)oc2c1/C(=N/NC(N)=S)CCC2. The number of fused-ring (bicyclic) bond motifs is 1. The van der Waals surface area contributed by atoms with Crippen molar-refractivity contribution in [1.82, 2.24) is 10.3 Å². The Morgan fingerprint density at radius 2 is 1.92 bits per heavy atom. The van der Waals surface area contributed by atoms with Crippen LogP contribution in [0.4, 0.5) is 0 Å². The molecular formula is C17H24N4O2S. The fourth-order valence-electron chi connectivity index (χ4n) is 3.52. The molecule has 1 amide bonds. The van der Waals surface area contributed by atoms with Gasteiger partial charge in [-0.3, -0.25) is 10.2 Å². The number of nitrogens with two attached hydrogens (primary N) is 1. The number of amides is 1. The highest BCUT2D eigenvalue weighted by atomic mass is 32.1. The first-order valence-corrected chi connectivity index (χ1v) is 9.02. The van der Waals surface area contributed by atoms with Crippen molar-refractivity contribution in [3.05, 3.63) is 22.6 Å². The standard InChI is InChI=1S/C17H24N4O2S/c1-11-14-12(19-20-17(18)24)7-6-8-13(14)23-15(11)16(22)21-9-4-2-3-5-10-21/h2-10H2,1H3,(H3,18,20,24)/b19-12+. The molecule has 1 saturated heterocycles. The highest BCUT2D eigenvalue weighted by molar-refractivity contribution is 7.80. The normalized spacial score (nSPS) is 19.7. The number of carbonyl (C=O) groups is 1. The molecule has 2 heterocycles. The Labute approximate surface area is 147 Å². The number of rotatable bonds is 2. The Morgan fingerprint density at radius 3 is 2.58 bits per heavy atom. The fraction of sp³-hybridized carbons (Fsp3) is 0.588. The number of thiocarbonyl (C=S) groups is 1. The van der Waals surface area contributed by atoms with Crippen molar-refractivity contribution in [3.8, 4) is 0 Å². The molecule has 3 N–H and O–H groups in total. The highest BCUT2D eigenvalue weighted by Gasteiger charge is 2.30.